The Hall–Kier alpha value is -2.66. The van der Waals surface area contributed by atoms with Gasteiger partial charge in [0, 0.05) is 0 Å². The van der Waals surface area contributed by atoms with Crippen LogP contribution >= 0.6 is 0 Å². The van der Waals surface area contributed by atoms with Gasteiger partial charge in [-0.25, -0.2) is 9.59 Å². The Morgan fingerprint density at radius 1 is 0.957 bits per heavy atom. The summed E-state index contributed by atoms with van der Waals surface area (Å²) < 4.78 is 0. The lowest BCUT2D eigenvalue weighted by molar-refractivity contribution is 0.0695. The number of carboxylic acids is 2. The maximum absolute atomic E-state index is 11.4. The summed E-state index contributed by atoms with van der Waals surface area (Å²) in [4.78, 5) is 22.4. The van der Waals surface area contributed by atoms with E-state index in [4.69, 9.17) is 5.11 Å². The van der Waals surface area contributed by atoms with Gasteiger partial charge in [-0.15, -0.1) is 0 Å². The molecule has 120 valence electrons. The maximum atomic E-state index is 11.4. The molecule has 0 aliphatic heterocycles. The van der Waals surface area contributed by atoms with Crippen LogP contribution in [0.2, 0.25) is 0 Å². The number of aliphatic hydroxyl groups is 1. The molecule has 2 aromatic rings. The molecule has 0 heterocycles. The van der Waals surface area contributed by atoms with Gasteiger partial charge in [-0.2, -0.15) is 0 Å². The smallest absolute Gasteiger partial charge is 0.336 e. The minimum Gasteiger partial charge on any atom is -0.478 e. The molecule has 0 aliphatic carbocycles. The van der Waals surface area contributed by atoms with Crippen LogP contribution in [0, 0.1) is 13.8 Å². The Kier molecular flexibility index (Phi) is 4.81. The lowest BCUT2D eigenvalue weighted by Gasteiger charge is -2.14. The molecule has 3 N–H and O–H groups in total. The van der Waals surface area contributed by atoms with Crippen molar-refractivity contribution in [3.63, 3.8) is 0 Å². The molecule has 0 aliphatic rings. The van der Waals surface area contributed by atoms with Gasteiger partial charge in [0.25, 0.3) is 0 Å². The number of carboxylic acid groups (broad SMARTS) is 2. The van der Waals surface area contributed by atoms with Crippen molar-refractivity contribution in [2.24, 2.45) is 0 Å². The molecule has 0 radical (unpaired) electrons. The number of carbonyl (C=O) groups is 2. The maximum Gasteiger partial charge on any atom is 0.336 e. The molecular formula is C18H18O5. The number of aryl methyl sites for hydroxylation is 2. The van der Waals surface area contributed by atoms with E-state index >= 15 is 0 Å². The lowest BCUT2D eigenvalue weighted by Crippen LogP contribution is -2.08. The van der Waals surface area contributed by atoms with Gasteiger partial charge < -0.3 is 15.3 Å². The van der Waals surface area contributed by atoms with Gasteiger partial charge in [-0.3, -0.25) is 0 Å². The van der Waals surface area contributed by atoms with Crippen LogP contribution in [0.4, 0.5) is 0 Å². The summed E-state index contributed by atoms with van der Waals surface area (Å²) in [5, 5.41) is 27.9. The molecule has 2 aromatic carbocycles. The highest BCUT2D eigenvalue weighted by Crippen LogP contribution is 2.23. The standard InChI is InChI=1S/C18H18O5/c1-10-5-11(2)16(9-19)14(6-10)7-12-3-4-13(17(20)21)8-15(12)18(22)23/h3-6,8,19H,7,9H2,1-2H3,(H,20,21)(H,22,23). The van der Waals surface area contributed by atoms with Gasteiger partial charge in [0.1, 0.15) is 0 Å². The Balaban J connectivity index is 2.52. The molecule has 0 fully saturated rings. The van der Waals surface area contributed by atoms with E-state index in [2.05, 4.69) is 0 Å². The Bertz CT molecular complexity index is 777. The Morgan fingerprint density at radius 3 is 2.22 bits per heavy atom. The van der Waals surface area contributed by atoms with Gasteiger partial charge in [-0.1, -0.05) is 23.8 Å². The summed E-state index contributed by atoms with van der Waals surface area (Å²) in [6.45, 7) is 3.70. The second kappa shape index (κ2) is 6.62. The fourth-order valence-corrected chi connectivity index (χ4v) is 2.74. The largest absolute Gasteiger partial charge is 0.478 e. The first-order chi connectivity index (χ1) is 10.8. The van der Waals surface area contributed by atoms with E-state index < -0.39 is 11.9 Å². The molecule has 0 atom stereocenters. The highest BCUT2D eigenvalue weighted by Gasteiger charge is 2.16. The van der Waals surface area contributed by atoms with Gasteiger partial charge in [0.15, 0.2) is 0 Å². The normalized spacial score (nSPS) is 10.6. The Labute approximate surface area is 133 Å². The third kappa shape index (κ3) is 3.57. The number of hydrogen-bond acceptors (Lipinski definition) is 3. The molecule has 0 unspecified atom stereocenters. The van der Waals surface area contributed by atoms with E-state index in [-0.39, 0.29) is 17.7 Å². The predicted octanol–water partition coefficient (Wildman–Crippen LogP) is 2.78. The zero-order chi connectivity index (χ0) is 17.1. The molecule has 0 saturated heterocycles. The molecule has 0 saturated carbocycles. The number of aliphatic hydroxyl groups excluding tert-OH is 1. The minimum absolute atomic E-state index is 0.0343. The highest BCUT2D eigenvalue weighted by molar-refractivity contribution is 5.95. The van der Waals surface area contributed by atoms with Crippen molar-refractivity contribution in [1.29, 1.82) is 0 Å². The first-order valence-electron chi connectivity index (χ1n) is 7.13. The van der Waals surface area contributed by atoms with Crippen LogP contribution in [0.25, 0.3) is 0 Å². The van der Waals surface area contributed by atoms with Crippen molar-refractivity contribution in [2.45, 2.75) is 26.9 Å². The molecule has 0 aromatic heterocycles. The van der Waals surface area contributed by atoms with Gasteiger partial charge in [-0.05, 0) is 54.7 Å². The van der Waals surface area contributed by atoms with Crippen LogP contribution in [0.3, 0.4) is 0 Å². The molecule has 5 nitrogen and oxygen atoms in total. The van der Waals surface area contributed by atoms with Crippen LogP contribution in [-0.4, -0.2) is 27.3 Å². The van der Waals surface area contributed by atoms with Crippen LogP contribution in [0.1, 0.15) is 48.5 Å². The second-order valence-electron chi connectivity index (χ2n) is 5.54. The minimum atomic E-state index is -1.17. The first-order valence-corrected chi connectivity index (χ1v) is 7.13. The summed E-state index contributed by atoms with van der Waals surface area (Å²) in [6.07, 6.45) is 0.319. The summed E-state index contributed by atoms with van der Waals surface area (Å²) in [5.74, 6) is -2.33. The number of hydrogen-bond donors (Lipinski definition) is 3. The SMILES string of the molecule is Cc1cc(C)c(CO)c(Cc2ccc(C(=O)O)cc2C(=O)O)c1. The number of rotatable bonds is 5. The van der Waals surface area contributed by atoms with Crippen LogP contribution in [0.5, 0.6) is 0 Å². The van der Waals surface area contributed by atoms with E-state index in [1.165, 1.54) is 18.2 Å². The molecular weight excluding hydrogens is 296 g/mol. The topological polar surface area (TPSA) is 94.8 Å². The average Bonchev–Trinajstić information content (AvgIpc) is 2.46. The zero-order valence-corrected chi connectivity index (χ0v) is 13.0. The van der Waals surface area contributed by atoms with E-state index in [0.29, 0.717) is 12.0 Å². The van der Waals surface area contributed by atoms with Crippen molar-refractivity contribution in [1.82, 2.24) is 0 Å². The van der Waals surface area contributed by atoms with Gasteiger partial charge in [0.2, 0.25) is 0 Å². The summed E-state index contributed by atoms with van der Waals surface area (Å²) in [7, 11) is 0. The van der Waals surface area contributed by atoms with Crippen molar-refractivity contribution >= 4 is 11.9 Å². The quantitative estimate of drug-likeness (QED) is 0.789. The third-order valence-corrected chi connectivity index (χ3v) is 3.84. The van der Waals surface area contributed by atoms with Gasteiger partial charge in [0.05, 0.1) is 17.7 Å². The second-order valence-corrected chi connectivity index (χ2v) is 5.54. The van der Waals surface area contributed by atoms with Crippen molar-refractivity contribution in [3.05, 3.63) is 69.3 Å². The van der Waals surface area contributed by atoms with Crippen LogP contribution < -0.4 is 0 Å². The monoisotopic (exact) mass is 314 g/mol. The van der Waals surface area contributed by atoms with Crippen molar-refractivity contribution in [2.75, 3.05) is 0 Å². The van der Waals surface area contributed by atoms with E-state index in [1.54, 1.807) is 0 Å². The zero-order valence-electron chi connectivity index (χ0n) is 13.0. The van der Waals surface area contributed by atoms with Crippen LogP contribution in [-0.2, 0) is 13.0 Å². The third-order valence-electron chi connectivity index (χ3n) is 3.84. The summed E-state index contributed by atoms with van der Waals surface area (Å²) in [5.41, 5.74) is 4.00. The van der Waals surface area contributed by atoms with E-state index in [1.807, 2.05) is 26.0 Å². The van der Waals surface area contributed by atoms with Crippen molar-refractivity contribution in [3.8, 4) is 0 Å². The highest BCUT2D eigenvalue weighted by atomic mass is 16.4. The number of aromatic carboxylic acids is 2. The summed E-state index contributed by atoms with van der Waals surface area (Å²) in [6, 6.07) is 7.95. The fraction of sp³-hybridized carbons (Fsp3) is 0.222. The first kappa shape index (κ1) is 16.7. The average molecular weight is 314 g/mol. The van der Waals surface area contributed by atoms with Crippen LogP contribution in [0.15, 0.2) is 30.3 Å². The molecule has 0 spiro atoms. The van der Waals surface area contributed by atoms with E-state index in [9.17, 15) is 19.8 Å². The molecule has 5 heteroatoms. The number of benzene rings is 2. The molecule has 23 heavy (non-hydrogen) atoms. The Morgan fingerprint density at radius 2 is 1.65 bits per heavy atom. The van der Waals surface area contributed by atoms with E-state index in [0.717, 1.165) is 22.3 Å². The van der Waals surface area contributed by atoms with Gasteiger partial charge >= 0.3 is 11.9 Å². The predicted molar refractivity (Wildman–Crippen MR) is 85.0 cm³/mol. The fourth-order valence-electron chi connectivity index (χ4n) is 2.74. The summed E-state index contributed by atoms with van der Waals surface area (Å²) >= 11 is 0. The molecule has 0 amide bonds. The van der Waals surface area contributed by atoms with Crippen molar-refractivity contribution < 1.29 is 24.9 Å². The lowest BCUT2D eigenvalue weighted by atomic mass is 9.92. The molecule has 2 rings (SSSR count). The molecule has 0 bridgehead atoms.